The minimum Gasteiger partial charge on any atom is -0.319 e. The number of nitrogens with zero attached hydrogens (tertiary/aromatic N) is 1. The molecule has 0 spiro atoms. The van der Waals surface area contributed by atoms with Gasteiger partial charge in [-0.3, -0.25) is 4.98 Å². The highest BCUT2D eigenvalue weighted by atomic mass is 14.9. The fourth-order valence-corrected chi connectivity index (χ4v) is 1.69. The van der Waals surface area contributed by atoms with Crippen molar-refractivity contribution < 1.29 is 0 Å². The molecule has 2 nitrogen and oxygen atoms in total. The lowest BCUT2D eigenvalue weighted by Crippen LogP contribution is -2.24. The van der Waals surface area contributed by atoms with E-state index in [2.05, 4.69) is 22.4 Å². The summed E-state index contributed by atoms with van der Waals surface area (Å²) in [6, 6.07) is 6.17. The van der Waals surface area contributed by atoms with Gasteiger partial charge in [0.25, 0.3) is 0 Å². The lowest BCUT2D eigenvalue weighted by Gasteiger charge is -2.12. The second kappa shape index (κ2) is 2.87. The smallest absolute Gasteiger partial charge is 0.0478 e. The van der Waals surface area contributed by atoms with Gasteiger partial charge in [-0.15, -0.1) is 0 Å². The lowest BCUT2D eigenvalue weighted by molar-refractivity contribution is 0.607. The normalized spacial score (nSPS) is 19.1. The highest BCUT2D eigenvalue weighted by Crippen LogP contribution is 2.46. The molecule has 2 heteroatoms. The van der Waals surface area contributed by atoms with Crippen molar-refractivity contribution in [1.29, 1.82) is 0 Å². The summed E-state index contributed by atoms with van der Waals surface area (Å²) in [5.41, 5.74) is 1.62. The molecule has 0 atom stereocenters. The minimum atomic E-state index is 0.371. The van der Waals surface area contributed by atoms with Crippen LogP contribution < -0.4 is 5.32 Å². The van der Waals surface area contributed by atoms with Crippen LogP contribution >= 0.6 is 0 Å². The Balaban J connectivity index is 2.19. The number of pyridine rings is 1. The van der Waals surface area contributed by atoms with Gasteiger partial charge in [0.2, 0.25) is 0 Å². The van der Waals surface area contributed by atoms with Crippen LogP contribution in [-0.4, -0.2) is 18.6 Å². The Morgan fingerprint density at radius 2 is 2.33 bits per heavy atom. The number of hydrogen-bond acceptors (Lipinski definition) is 2. The SMILES string of the molecule is CNCC1(c2ccccn2)CC1. The van der Waals surface area contributed by atoms with E-state index < -0.39 is 0 Å². The zero-order valence-corrected chi connectivity index (χ0v) is 7.38. The van der Waals surface area contributed by atoms with E-state index >= 15 is 0 Å². The zero-order chi connectivity index (χ0) is 8.44. The Hall–Kier alpha value is -0.890. The van der Waals surface area contributed by atoms with Crippen LogP contribution in [0.15, 0.2) is 24.4 Å². The maximum atomic E-state index is 4.39. The molecule has 0 unspecified atom stereocenters. The average molecular weight is 162 g/mol. The topological polar surface area (TPSA) is 24.9 Å². The molecule has 64 valence electrons. The van der Waals surface area contributed by atoms with Crippen LogP contribution in [0.5, 0.6) is 0 Å². The van der Waals surface area contributed by atoms with Gasteiger partial charge >= 0.3 is 0 Å². The van der Waals surface area contributed by atoms with Crippen molar-refractivity contribution in [2.24, 2.45) is 0 Å². The van der Waals surface area contributed by atoms with Crippen LogP contribution in [0.2, 0.25) is 0 Å². The maximum Gasteiger partial charge on any atom is 0.0478 e. The number of hydrogen-bond donors (Lipinski definition) is 1. The Morgan fingerprint density at radius 3 is 2.83 bits per heavy atom. The first-order chi connectivity index (χ1) is 5.87. The van der Waals surface area contributed by atoms with Crippen molar-refractivity contribution in [3.63, 3.8) is 0 Å². The van der Waals surface area contributed by atoms with Gasteiger partial charge in [-0.1, -0.05) is 6.07 Å². The third kappa shape index (κ3) is 1.23. The highest BCUT2D eigenvalue weighted by molar-refractivity contribution is 5.24. The second-order valence-electron chi connectivity index (χ2n) is 3.53. The molecule has 1 aromatic rings. The van der Waals surface area contributed by atoms with E-state index in [0.29, 0.717) is 5.41 Å². The van der Waals surface area contributed by atoms with Crippen LogP contribution in [0.1, 0.15) is 18.5 Å². The van der Waals surface area contributed by atoms with Gasteiger partial charge in [-0.25, -0.2) is 0 Å². The van der Waals surface area contributed by atoms with Gasteiger partial charge in [0, 0.05) is 23.9 Å². The highest BCUT2D eigenvalue weighted by Gasteiger charge is 2.44. The van der Waals surface area contributed by atoms with E-state index in [1.54, 1.807) is 0 Å². The molecule has 1 saturated carbocycles. The van der Waals surface area contributed by atoms with Crippen molar-refractivity contribution in [2.45, 2.75) is 18.3 Å². The molecule has 0 aromatic carbocycles. The van der Waals surface area contributed by atoms with Crippen molar-refractivity contribution in [3.8, 4) is 0 Å². The largest absolute Gasteiger partial charge is 0.319 e. The van der Waals surface area contributed by atoms with Gasteiger partial charge in [0.15, 0.2) is 0 Å². The van der Waals surface area contributed by atoms with Gasteiger partial charge in [0.1, 0.15) is 0 Å². The van der Waals surface area contributed by atoms with E-state index in [1.165, 1.54) is 18.5 Å². The van der Waals surface area contributed by atoms with E-state index in [0.717, 1.165) is 6.54 Å². The van der Waals surface area contributed by atoms with E-state index in [-0.39, 0.29) is 0 Å². The van der Waals surface area contributed by atoms with Gasteiger partial charge in [-0.2, -0.15) is 0 Å². The summed E-state index contributed by atoms with van der Waals surface area (Å²) in [6.45, 7) is 1.06. The van der Waals surface area contributed by atoms with Crippen molar-refractivity contribution in [1.82, 2.24) is 10.3 Å². The molecule has 1 aliphatic carbocycles. The molecule has 0 radical (unpaired) electrons. The molecule has 1 heterocycles. The second-order valence-corrected chi connectivity index (χ2v) is 3.53. The molecular formula is C10H14N2. The average Bonchev–Trinajstić information content (AvgIpc) is 2.88. The van der Waals surface area contributed by atoms with Crippen molar-refractivity contribution in [3.05, 3.63) is 30.1 Å². The fraction of sp³-hybridized carbons (Fsp3) is 0.500. The van der Waals surface area contributed by atoms with Crippen LogP contribution in [0, 0.1) is 0 Å². The number of aromatic nitrogens is 1. The molecule has 0 saturated heterocycles. The summed E-state index contributed by atoms with van der Waals surface area (Å²) < 4.78 is 0. The zero-order valence-electron chi connectivity index (χ0n) is 7.38. The molecule has 1 aliphatic rings. The summed E-state index contributed by atoms with van der Waals surface area (Å²) in [5.74, 6) is 0. The first kappa shape index (κ1) is 7.74. The van der Waals surface area contributed by atoms with Crippen LogP contribution in [0.25, 0.3) is 0 Å². The summed E-state index contributed by atoms with van der Waals surface area (Å²) in [7, 11) is 2.00. The Morgan fingerprint density at radius 1 is 1.50 bits per heavy atom. The van der Waals surface area contributed by atoms with E-state index in [9.17, 15) is 0 Å². The summed E-state index contributed by atoms with van der Waals surface area (Å²) in [4.78, 5) is 4.39. The number of rotatable bonds is 3. The molecule has 1 fully saturated rings. The minimum absolute atomic E-state index is 0.371. The number of likely N-dealkylation sites (N-methyl/N-ethyl adjacent to an activating group) is 1. The predicted octanol–water partition coefficient (Wildman–Crippen LogP) is 1.33. The van der Waals surface area contributed by atoms with Crippen molar-refractivity contribution >= 4 is 0 Å². The monoisotopic (exact) mass is 162 g/mol. The molecule has 0 bridgehead atoms. The third-order valence-corrected chi connectivity index (χ3v) is 2.58. The molecule has 0 amide bonds. The van der Waals surface area contributed by atoms with Gasteiger partial charge < -0.3 is 5.32 Å². The molecule has 2 rings (SSSR count). The van der Waals surface area contributed by atoms with E-state index in [4.69, 9.17) is 0 Å². The van der Waals surface area contributed by atoms with Crippen LogP contribution in [-0.2, 0) is 5.41 Å². The van der Waals surface area contributed by atoms with Gasteiger partial charge in [0.05, 0.1) is 0 Å². The molecule has 0 aliphatic heterocycles. The van der Waals surface area contributed by atoms with Crippen molar-refractivity contribution in [2.75, 3.05) is 13.6 Å². The first-order valence-electron chi connectivity index (χ1n) is 4.43. The third-order valence-electron chi connectivity index (χ3n) is 2.58. The molecule has 12 heavy (non-hydrogen) atoms. The molecule has 1 aromatic heterocycles. The Labute approximate surface area is 73.0 Å². The quantitative estimate of drug-likeness (QED) is 0.725. The lowest BCUT2D eigenvalue weighted by atomic mass is 10.0. The standard InChI is InChI=1S/C10H14N2/c1-11-8-10(5-6-10)9-4-2-3-7-12-9/h2-4,7,11H,5-6,8H2,1H3. The van der Waals surface area contributed by atoms with E-state index in [1.807, 2.05) is 19.3 Å². The first-order valence-corrected chi connectivity index (χ1v) is 4.43. The Bertz CT molecular complexity index is 252. The number of nitrogens with one attached hydrogen (secondary N) is 1. The fourth-order valence-electron chi connectivity index (χ4n) is 1.69. The van der Waals surface area contributed by atoms with Crippen LogP contribution in [0.4, 0.5) is 0 Å². The summed E-state index contributed by atoms with van der Waals surface area (Å²) in [6.07, 6.45) is 4.45. The summed E-state index contributed by atoms with van der Waals surface area (Å²) >= 11 is 0. The maximum absolute atomic E-state index is 4.39. The molecular weight excluding hydrogens is 148 g/mol. The Kier molecular flexibility index (Phi) is 1.85. The van der Waals surface area contributed by atoms with Crippen LogP contribution in [0.3, 0.4) is 0 Å². The summed E-state index contributed by atoms with van der Waals surface area (Å²) in [5, 5.41) is 3.23. The molecule has 1 N–H and O–H groups in total. The van der Waals surface area contributed by atoms with Gasteiger partial charge in [-0.05, 0) is 32.0 Å². The predicted molar refractivity (Wildman–Crippen MR) is 49.1 cm³/mol.